The van der Waals surface area contributed by atoms with Crippen LogP contribution in [0.5, 0.6) is 0 Å². The first-order valence-corrected chi connectivity index (χ1v) is 11.2. The third-order valence-electron chi connectivity index (χ3n) is 6.80. The van der Waals surface area contributed by atoms with E-state index in [0.29, 0.717) is 0 Å². The average molecular weight is 401 g/mol. The van der Waals surface area contributed by atoms with Gasteiger partial charge in [0.05, 0.1) is 57.5 Å². The number of hydrogen-bond acceptors (Lipinski definition) is 5. The lowest BCUT2D eigenvalue weighted by molar-refractivity contribution is -0.176. The lowest BCUT2D eigenvalue weighted by Crippen LogP contribution is -2.46. The zero-order valence-electron chi connectivity index (χ0n) is 19.2. The van der Waals surface area contributed by atoms with Crippen LogP contribution < -0.4 is 0 Å². The minimum Gasteiger partial charge on any atom is -0.381 e. The van der Waals surface area contributed by atoms with E-state index in [9.17, 15) is 0 Å². The van der Waals surface area contributed by atoms with Crippen molar-refractivity contribution in [2.24, 2.45) is 10.8 Å². The van der Waals surface area contributed by atoms with Gasteiger partial charge in [-0.05, 0) is 39.0 Å². The first kappa shape index (κ1) is 24.1. The molecule has 0 amide bonds. The van der Waals surface area contributed by atoms with Crippen molar-refractivity contribution in [3.63, 3.8) is 0 Å². The Labute approximate surface area is 172 Å². The number of rotatable bonds is 15. The highest BCUT2D eigenvalue weighted by molar-refractivity contribution is 4.84. The van der Waals surface area contributed by atoms with E-state index in [1.165, 1.54) is 0 Å². The quantitative estimate of drug-likeness (QED) is 0.376. The van der Waals surface area contributed by atoms with Crippen LogP contribution >= 0.6 is 0 Å². The van der Waals surface area contributed by atoms with Crippen LogP contribution in [0.2, 0.25) is 0 Å². The van der Waals surface area contributed by atoms with Gasteiger partial charge in [0.15, 0.2) is 0 Å². The molecule has 0 radical (unpaired) electrons. The summed E-state index contributed by atoms with van der Waals surface area (Å²) in [4.78, 5) is 0. The maximum Gasteiger partial charge on any atom is 0.0699 e. The Morgan fingerprint density at radius 3 is 1.79 bits per heavy atom. The van der Waals surface area contributed by atoms with Crippen molar-refractivity contribution in [2.75, 3.05) is 52.9 Å². The molecule has 28 heavy (non-hydrogen) atoms. The van der Waals surface area contributed by atoms with E-state index >= 15 is 0 Å². The summed E-state index contributed by atoms with van der Waals surface area (Å²) in [5, 5.41) is 0. The molecule has 0 saturated carbocycles. The number of hydrogen-bond donors (Lipinski definition) is 0. The largest absolute Gasteiger partial charge is 0.381 e. The minimum atomic E-state index is -0.138. The predicted molar refractivity (Wildman–Crippen MR) is 112 cm³/mol. The summed E-state index contributed by atoms with van der Waals surface area (Å²) in [7, 11) is 0. The first-order valence-electron chi connectivity index (χ1n) is 11.2. The SMILES string of the molecule is CCC(C)(CCOC(CC)(CC)CCOCC1(C)COC1)OCC1(C)COC1. The molecule has 1 atom stereocenters. The van der Waals surface area contributed by atoms with Gasteiger partial charge in [0, 0.05) is 17.4 Å². The van der Waals surface area contributed by atoms with Crippen molar-refractivity contribution in [2.45, 2.75) is 84.8 Å². The van der Waals surface area contributed by atoms with Crippen LogP contribution in [0.25, 0.3) is 0 Å². The van der Waals surface area contributed by atoms with Crippen LogP contribution in [-0.4, -0.2) is 64.1 Å². The molecule has 2 saturated heterocycles. The van der Waals surface area contributed by atoms with Gasteiger partial charge in [0.2, 0.25) is 0 Å². The molecule has 2 rings (SSSR count). The molecule has 1 unspecified atom stereocenters. The summed E-state index contributed by atoms with van der Waals surface area (Å²) in [6.07, 6.45) is 4.86. The number of ether oxygens (including phenoxy) is 5. The molecule has 0 aromatic heterocycles. The molecule has 2 aliphatic rings. The summed E-state index contributed by atoms with van der Waals surface area (Å²) >= 11 is 0. The lowest BCUT2D eigenvalue weighted by atomic mass is 9.89. The topological polar surface area (TPSA) is 46.2 Å². The molecule has 2 fully saturated rings. The smallest absolute Gasteiger partial charge is 0.0699 e. The second kappa shape index (κ2) is 10.2. The van der Waals surface area contributed by atoms with Gasteiger partial charge in [-0.3, -0.25) is 0 Å². The van der Waals surface area contributed by atoms with Crippen molar-refractivity contribution in [1.29, 1.82) is 0 Å². The summed E-state index contributed by atoms with van der Waals surface area (Å²) in [5.41, 5.74) is 0.165. The van der Waals surface area contributed by atoms with Crippen molar-refractivity contribution in [3.8, 4) is 0 Å². The van der Waals surface area contributed by atoms with E-state index < -0.39 is 0 Å². The Morgan fingerprint density at radius 1 is 0.750 bits per heavy atom. The molecule has 0 aromatic carbocycles. The molecule has 0 aromatic rings. The van der Waals surface area contributed by atoms with E-state index in [0.717, 1.165) is 85.0 Å². The van der Waals surface area contributed by atoms with Gasteiger partial charge >= 0.3 is 0 Å². The Hall–Kier alpha value is -0.200. The van der Waals surface area contributed by atoms with Gasteiger partial charge in [0.1, 0.15) is 0 Å². The van der Waals surface area contributed by atoms with Crippen molar-refractivity contribution in [3.05, 3.63) is 0 Å². The normalized spacial score (nSPS) is 22.9. The Balaban J connectivity index is 1.73. The summed E-state index contributed by atoms with van der Waals surface area (Å²) in [6, 6.07) is 0. The Bertz CT molecular complexity index is 454. The third kappa shape index (κ3) is 6.66. The van der Waals surface area contributed by atoms with Gasteiger partial charge in [-0.15, -0.1) is 0 Å². The van der Waals surface area contributed by atoms with Crippen LogP contribution in [0.15, 0.2) is 0 Å². The molecule has 2 heterocycles. The van der Waals surface area contributed by atoms with Crippen molar-refractivity contribution < 1.29 is 23.7 Å². The minimum absolute atomic E-state index is 0.0978. The highest BCUT2D eigenvalue weighted by Crippen LogP contribution is 2.32. The fraction of sp³-hybridized carbons (Fsp3) is 1.00. The van der Waals surface area contributed by atoms with Crippen LogP contribution in [0, 0.1) is 10.8 Å². The molecule has 0 N–H and O–H groups in total. The van der Waals surface area contributed by atoms with Crippen LogP contribution in [0.4, 0.5) is 0 Å². The van der Waals surface area contributed by atoms with E-state index in [1.807, 2.05) is 0 Å². The molecule has 166 valence electrons. The zero-order valence-corrected chi connectivity index (χ0v) is 19.2. The van der Waals surface area contributed by atoms with Gasteiger partial charge in [-0.1, -0.05) is 34.6 Å². The van der Waals surface area contributed by atoms with Crippen LogP contribution in [0.3, 0.4) is 0 Å². The fourth-order valence-corrected chi connectivity index (χ4v) is 3.71. The molecule has 0 aliphatic carbocycles. The molecule has 2 aliphatic heterocycles. The van der Waals surface area contributed by atoms with E-state index in [2.05, 4.69) is 41.5 Å². The van der Waals surface area contributed by atoms with Crippen LogP contribution in [0.1, 0.15) is 73.6 Å². The summed E-state index contributed by atoms with van der Waals surface area (Å²) in [5.74, 6) is 0. The summed E-state index contributed by atoms with van der Waals surface area (Å²) < 4.78 is 29.4. The maximum atomic E-state index is 6.46. The predicted octanol–water partition coefficient (Wildman–Crippen LogP) is 4.62. The molecule has 5 nitrogen and oxygen atoms in total. The van der Waals surface area contributed by atoms with Gasteiger partial charge < -0.3 is 23.7 Å². The monoisotopic (exact) mass is 400 g/mol. The Morgan fingerprint density at radius 2 is 1.32 bits per heavy atom. The van der Waals surface area contributed by atoms with Gasteiger partial charge in [-0.2, -0.15) is 0 Å². The maximum absolute atomic E-state index is 6.46. The van der Waals surface area contributed by atoms with Crippen molar-refractivity contribution >= 4 is 0 Å². The van der Waals surface area contributed by atoms with Gasteiger partial charge in [-0.25, -0.2) is 0 Å². The highest BCUT2D eigenvalue weighted by Gasteiger charge is 2.37. The van der Waals surface area contributed by atoms with E-state index in [1.54, 1.807) is 0 Å². The second-order valence-corrected chi connectivity index (χ2v) is 9.99. The second-order valence-electron chi connectivity index (χ2n) is 9.99. The molecule has 0 spiro atoms. The molecular formula is C23H44O5. The molecule has 0 bridgehead atoms. The van der Waals surface area contributed by atoms with Crippen molar-refractivity contribution in [1.82, 2.24) is 0 Å². The molecule has 5 heteroatoms. The fourth-order valence-electron chi connectivity index (χ4n) is 3.71. The van der Waals surface area contributed by atoms with E-state index in [4.69, 9.17) is 23.7 Å². The summed E-state index contributed by atoms with van der Waals surface area (Å²) in [6.45, 7) is 19.6. The lowest BCUT2D eigenvalue weighted by Gasteiger charge is -2.41. The molecular weight excluding hydrogens is 356 g/mol. The van der Waals surface area contributed by atoms with Crippen LogP contribution in [-0.2, 0) is 23.7 Å². The standard InChI is InChI=1S/C23H44O5/c1-7-22(6,28-19-21(5)17-26-18-21)10-13-27-23(8-2,9-3)11-12-24-14-20(4)15-25-16-20/h7-19H2,1-6H3. The zero-order chi connectivity index (χ0) is 20.7. The third-order valence-corrected chi connectivity index (χ3v) is 6.80. The van der Waals surface area contributed by atoms with E-state index in [-0.39, 0.29) is 22.0 Å². The Kier molecular flexibility index (Phi) is 8.78. The highest BCUT2D eigenvalue weighted by atomic mass is 16.5. The van der Waals surface area contributed by atoms with Gasteiger partial charge in [0.25, 0.3) is 0 Å². The average Bonchev–Trinajstić information content (AvgIpc) is 2.65. The first-order chi connectivity index (χ1) is 13.2.